The van der Waals surface area contributed by atoms with Crippen molar-refractivity contribution in [2.45, 2.75) is 90.9 Å². The number of nitrogens with one attached hydrogen (secondary N) is 1. The summed E-state index contributed by atoms with van der Waals surface area (Å²) in [7, 11) is 0. The lowest BCUT2D eigenvalue weighted by atomic mass is 10.1. The van der Waals surface area contributed by atoms with E-state index in [1.54, 1.807) is 12.1 Å². The lowest BCUT2D eigenvalue weighted by Gasteiger charge is -2.18. The van der Waals surface area contributed by atoms with E-state index in [0.29, 0.717) is 12.4 Å². The van der Waals surface area contributed by atoms with Crippen molar-refractivity contribution in [1.82, 2.24) is 10.1 Å². The summed E-state index contributed by atoms with van der Waals surface area (Å²) in [5, 5.41) is 4.13. The van der Waals surface area contributed by atoms with Crippen LogP contribution in [0.3, 0.4) is 0 Å². The van der Waals surface area contributed by atoms with Gasteiger partial charge in [-0.1, -0.05) is 80.6 Å². The molecule has 2 aromatic carbocycles. The van der Waals surface area contributed by atoms with Gasteiger partial charge in [0.1, 0.15) is 13.1 Å². The normalized spacial score (nSPS) is 12.7. The van der Waals surface area contributed by atoms with E-state index in [1.807, 2.05) is 0 Å². The number of hydrogen-bond donors (Lipinski definition) is 1. The monoisotopic (exact) mass is 502 g/mol. The number of quaternary nitrogens is 1. The van der Waals surface area contributed by atoms with Crippen molar-refractivity contribution < 1.29 is 22.6 Å². The van der Waals surface area contributed by atoms with E-state index in [2.05, 4.69) is 48.3 Å². The molecule has 3 rings (SSSR count). The Labute approximate surface area is 212 Å². The summed E-state index contributed by atoms with van der Waals surface area (Å²) in [6.07, 6.45) is 5.65. The Morgan fingerprint density at radius 2 is 1.31 bits per heavy atom. The van der Waals surface area contributed by atoms with Crippen LogP contribution in [0.25, 0.3) is 0 Å². The largest absolute Gasteiger partial charge is 0.416 e. The Bertz CT molecular complexity index is 1010. The van der Waals surface area contributed by atoms with Crippen molar-refractivity contribution in [2.75, 3.05) is 6.54 Å². The number of alkyl halides is 3. The molecule has 1 heterocycles. The first-order valence-electron chi connectivity index (χ1n) is 13.3. The van der Waals surface area contributed by atoms with E-state index in [9.17, 15) is 13.2 Å². The average molecular weight is 503 g/mol. The van der Waals surface area contributed by atoms with Crippen LogP contribution in [0.1, 0.15) is 86.3 Å². The van der Waals surface area contributed by atoms with Gasteiger partial charge in [-0.3, -0.25) is 0 Å². The third-order valence-electron chi connectivity index (χ3n) is 6.60. The predicted molar refractivity (Wildman–Crippen MR) is 136 cm³/mol. The van der Waals surface area contributed by atoms with Gasteiger partial charge in [-0.15, -0.1) is 0 Å². The number of unbranched alkanes of at least 4 members (excludes halogenated alkanes) is 5. The summed E-state index contributed by atoms with van der Waals surface area (Å²) >= 11 is 0. The summed E-state index contributed by atoms with van der Waals surface area (Å²) in [6, 6.07) is 14.0. The third kappa shape index (κ3) is 9.41. The Kier molecular flexibility index (Phi) is 11.0. The smallest absolute Gasteiger partial charge is 0.339 e. The van der Waals surface area contributed by atoms with E-state index in [1.165, 1.54) is 60.3 Å². The molecule has 1 unspecified atom stereocenters. The fourth-order valence-electron chi connectivity index (χ4n) is 4.33. The number of hydrogen-bond acceptors (Lipinski definition) is 3. The minimum atomic E-state index is -4.29. The quantitative estimate of drug-likeness (QED) is 0.245. The first-order valence-corrected chi connectivity index (χ1v) is 13.3. The molecule has 7 heteroatoms. The van der Waals surface area contributed by atoms with Crippen molar-refractivity contribution in [3.63, 3.8) is 0 Å². The molecule has 36 heavy (non-hydrogen) atoms. The van der Waals surface area contributed by atoms with Crippen LogP contribution >= 0.6 is 0 Å². The van der Waals surface area contributed by atoms with Gasteiger partial charge < -0.3 is 9.42 Å². The maximum atomic E-state index is 12.8. The molecule has 0 saturated carbocycles. The van der Waals surface area contributed by atoms with Crippen LogP contribution < -0.4 is 4.90 Å². The molecule has 3 aromatic rings. The standard InChI is InChI=1S/C29H38F3N3O/c1-3-5-6-7-8-9-10-27-33-28(36-34-27)20-17-23-11-13-24(14-12-23)21-35(4-2)22-25-15-18-26(19-16-25)29(30,31)32/h11-16,18-19H,3-10,17,20-22H2,1-2H3/p+1. The van der Waals surface area contributed by atoms with Crippen LogP contribution in [0, 0.1) is 0 Å². The number of aromatic nitrogens is 2. The van der Waals surface area contributed by atoms with E-state index < -0.39 is 11.7 Å². The molecule has 0 saturated heterocycles. The van der Waals surface area contributed by atoms with Crippen LogP contribution in [0.2, 0.25) is 0 Å². The first kappa shape index (κ1) is 27.9. The average Bonchev–Trinajstić information content (AvgIpc) is 3.33. The highest BCUT2D eigenvalue weighted by molar-refractivity contribution is 5.24. The van der Waals surface area contributed by atoms with E-state index >= 15 is 0 Å². The molecule has 0 radical (unpaired) electrons. The Balaban J connectivity index is 1.42. The Hall–Kier alpha value is -2.67. The first-order chi connectivity index (χ1) is 17.4. The highest BCUT2D eigenvalue weighted by atomic mass is 19.4. The molecule has 0 aliphatic heterocycles. The van der Waals surface area contributed by atoms with Gasteiger partial charge in [0, 0.05) is 24.0 Å². The van der Waals surface area contributed by atoms with Crippen LogP contribution in [-0.4, -0.2) is 16.7 Å². The number of benzene rings is 2. The van der Waals surface area contributed by atoms with Crippen LogP contribution in [0.15, 0.2) is 53.1 Å². The summed E-state index contributed by atoms with van der Waals surface area (Å²) in [5.74, 6) is 1.50. The molecule has 1 aromatic heterocycles. The molecule has 0 amide bonds. The van der Waals surface area contributed by atoms with Gasteiger partial charge in [0.05, 0.1) is 12.1 Å². The van der Waals surface area contributed by atoms with Crippen molar-refractivity contribution in [1.29, 1.82) is 0 Å². The summed E-state index contributed by atoms with van der Waals surface area (Å²) in [6.45, 7) is 6.73. The van der Waals surface area contributed by atoms with Crippen molar-refractivity contribution in [2.24, 2.45) is 0 Å². The molecule has 1 N–H and O–H groups in total. The van der Waals surface area contributed by atoms with Crippen molar-refractivity contribution in [3.05, 3.63) is 82.5 Å². The topological polar surface area (TPSA) is 43.4 Å². The maximum absolute atomic E-state index is 12.8. The van der Waals surface area contributed by atoms with Gasteiger partial charge in [0.2, 0.25) is 5.89 Å². The molecule has 0 spiro atoms. The van der Waals surface area contributed by atoms with Gasteiger partial charge in [-0.25, -0.2) is 0 Å². The summed E-state index contributed by atoms with van der Waals surface area (Å²) < 4.78 is 43.8. The molecule has 196 valence electrons. The highest BCUT2D eigenvalue weighted by Crippen LogP contribution is 2.29. The number of aryl methyl sites for hydroxylation is 3. The second kappa shape index (κ2) is 14.2. The van der Waals surface area contributed by atoms with Crippen molar-refractivity contribution >= 4 is 0 Å². The Morgan fingerprint density at radius 3 is 1.92 bits per heavy atom. The molecule has 0 aliphatic rings. The molecular formula is C29H39F3N3O+. The summed E-state index contributed by atoms with van der Waals surface area (Å²) in [4.78, 5) is 5.84. The maximum Gasteiger partial charge on any atom is 0.416 e. The summed E-state index contributed by atoms with van der Waals surface area (Å²) in [5.41, 5.74) is 2.73. The molecule has 4 nitrogen and oxygen atoms in total. The van der Waals surface area contributed by atoms with Gasteiger partial charge in [-0.05, 0) is 37.5 Å². The van der Waals surface area contributed by atoms with Gasteiger partial charge in [0.15, 0.2) is 5.82 Å². The lowest BCUT2D eigenvalue weighted by molar-refractivity contribution is -0.925. The second-order valence-corrected chi connectivity index (χ2v) is 9.59. The fraction of sp³-hybridized carbons (Fsp3) is 0.517. The second-order valence-electron chi connectivity index (χ2n) is 9.59. The van der Waals surface area contributed by atoms with E-state index in [0.717, 1.165) is 50.2 Å². The van der Waals surface area contributed by atoms with E-state index in [-0.39, 0.29) is 0 Å². The zero-order valence-corrected chi connectivity index (χ0v) is 21.5. The van der Waals surface area contributed by atoms with Gasteiger partial charge >= 0.3 is 6.18 Å². The van der Waals surface area contributed by atoms with Crippen molar-refractivity contribution in [3.8, 4) is 0 Å². The number of rotatable bonds is 15. The number of halogens is 3. The molecule has 0 bridgehead atoms. The van der Waals surface area contributed by atoms with Crippen LogP contribution in [0.4, 0.5) is 13.2 Å². The zero-order valence-electron chi connectivity index (χ0n) is 21.5. The fourth-order valence-corrected chi connectivity index (χ4v) is 4.33. The minimum absolute atomic E-state index is 0.602. The van der Waals surface area contributed by atoms with Gasteiger partial charge in [-0.2, -0.15) is 18.2 Å². The predicted octanol–water partition coefficient (Wildman–Crippen LogP) is 6.38. The van der Waals surface area contributed by atoms with Crippen LogP contribution in [0.5, 0.6) is 0 Å². The van der Waals surface area contributed by atoms with Crippen LogP contribution in [-0.2, 0) is 38.5 Å². The lowest BCUT2D eigenvalue weighted by Crippen LogP contribution is -3.09. The highest BCUT2D eigenvalue weighted by Gasteiger charge is 2.30. The minimum Gasteiger partial charge on any atom is -0.339 e. The number of nitrogens with zero attached hydrogens (tertiary/aromatic N) is 2. The molecule has 1 atom stereocenters. The molecular weight excluding hydrogens is 463 g/mol. The third-order valence-corrected chi connectivity index (χ3v) is 6.60. The van der Waals surface area contributed by atoms with E-state index in [4.69, 9.17) is 4.52 Å². The molecule has 0 aliphatic carbocycles. The molecule has 0 fully saturated rings. The SMILES string of the molecule is CCCCCCCCc1noc(CCc2ccc(C[NH+](CC)Cc3ccc(C(F)(F)F)cc3)cc2)n1. The zero-order chi connectivity index (χ0) is 25.8. The van der Waals surface area contributed by atoms with Gasteiger partial charge in [0.25, 0.3) is 0 Å². The Morgan fingerprint density at radius 1 is 0.722 bits per heavy atom.